The Kier molecular flexibility index (Phi) is 5.41. The lowest BCUT2D eigenvalue weighted by Gasteiger charge is -2.21. The first-order valence-electron chi connectivity index (χ1n) is 8.04. The van der Waals surface area contributed by atoms with Gasteiger partial charge in [-0.05, 0) is 26.3 Å². The van der Waals surface area contributed by atoms with E-state index >= 15 is 0 Å². The second kappa shape index (κ2) is 7.12. The molecule has 1 saturated heterocycles. The summed E-state index contributed by atoms with van der Waals surface area (Å²) in [6, 6.07) is 0. The van der Waals surface area contributed by atoms with Crippen LogP contribution in [0.1, 0.15) is 38.7 Å². The van der Waals surface area contributed by atoms with Crippen molar-refractivity contribution in [2.45, 2.75) is 38.6 Å². The zero-order chi connectivity index (χ0) is 17.0. The summed E-state index contributed by atoms with van der Waals surface area (Å²) in [5.74, 6) is -0.0458. The number of hydrogen-bond donors (Lipinski definition) is 3. The third kappa shape index (κ3) is 5.06. The van der Waals surface area contributed by atoms with Gasteiger partial charge in [0.15, 0.2) is 0 Å². The van der Waals surface area contributed by atoms with Gasteiger partial charge in [-0.25, -0.2) is 0 Å². The molecule has 1 aliphatic rings. The van der Waals surface area contributed by atoms with Crippen LogP contribution in [0, 0.1) is 5.92 Å². The Balaban J connectivity index is 1.82. The third-order valence-electron chi connectivity index (χ3n) is 3.87. The van der Waals surface area contributed by atoms with Crippen molar-refractivity contribution in [1.82, 2.24) is 25.7 Å². The van der Waals surface area contributed by atoms with Gasteiger partial charge < -0.3 is 16.0 Å². The minimum absolute atomic E-state index is 0.00703. The van der Waals surface area contributed by atoms with Gasteiger partial charge in [-0.2, -0.15) is 5.10 Å². The normalized spacial score (nSPS) is 21.2. The van der Waals surface area contributed by atoms with Crippen LogP contribution >= 0.6 is 0 Å². The van der Waals surface area contributed by atoms with Gasteiger partial charge in [0.25, 0.3) is 0 Å². The lowest BCUT2D eigenvalue weighted by Crippen LogP contribution is -2.42. The van der Waals surface area contributed by atoms with Crippen LogP contribution in [0.3, 0.4) is 0 Å². The molecule has 2 amide bonds. The minimum Gasteiger partial charge on any atom is -0.355 e. The second-order valence-corrected chi connectivity index (χ2v) is 7.16. The molecule has 0 saturated carbocycles. The molecule has 0 radical (unpaired) electrons. The Morgan fingerprint density at radius 2 is 2.13 bits per heavy atom. The zero-order valence-corrected chi connectivity index (χ0v) is 14.3. The molecule has 1 aromatic heterocycles. The highest BCUT2D eigenvalue weighted by Crippen LogP contribution is 2.27. The fraction of sp³-hybridized carbons (Fsp3) is 0.688. The number of rotatable bonds is 5. The molecule has 1 aliphatic heterocycles. The van der Waals surface area contributed by atoms with Crippen molar-refractivity contribution in [1.29, 1.82) is 0 Å². The van der Waals surface area contributed by atoms with E-state index in [0.29, 0.717) is 19.5 Å². The summed E-state index contributed by atoms with van der Waals surface area (Å²) in [4.78, 5) is 24.2. The summed E-state index contributed by atoms with van der Waals surface area (Å²) in [6.07, 6.45) is 4.06. The maximum atomic E-state index is 12.4. The number of amides is 2. The first kappa shape index (κ1) is 17.5. The topological polar surface area (TPSA) is 88.0 Å². The number of hydrogen-bond acceptors (Lipinski definition) is 4. The monoisotopic (exact) mass is 321 g/mol. The minimum atomic E-state index is -0.248. The molecular formula is C16H27N5O2. The SMILES string of the molecule is Cn1cc([C@H]2CNC[C@@H]2C(=O)NCCC(=O)NC(C)(C)C)cn1. The molecule has 0 unspecified atom stereocenters. The average molecular weight is 321 g/mol. The van der Waals surface area contributed by atoms with Crippen molar-refractivity contribution in [3.05, 3.63) is 18.0 Å². The van der Waals surface area contributed by atoms with Crippen molar-refractivity contribution in [3.63, 3.8) is 0 Å². The molecule has 0 spiro atoms. The Bertz CT molecular complexity index is 561. The lowest BCUT2D eigenvalue weighted by molar-refractivity contribution is -0.125. The molecule has 2 rings (SSSR count). The first-order chi connectivity index (χ1) is 10.8. The molecule has 7 nitrogen and oxygen atoms in total. The van der Waals surface area contributed by atoms with Crippen LogP contribution in [0.5, 0.6) is 0 Å². The van der Waals surface area contributed by atoms with Gasteiger partial charge in [0, 0.05) is 50.8 Å². The molecule has 0 aromatic carbocycles. The Labute approximate surface area is 137 Å². The van der Waals surface area contributed by atoms with Crippen LogP contribution in [0.4, 0.5) is 0 Å². The Hall–Kier alpha value is -1.89. The van der Waals surface area contributed by atoms with E-state index in [1.54, 1.807) is 4.68 Å². The van der Waals surface area contributed by atoms with Gasteiger partial charge >= 0.3 is 0 Å². The van der Waals surface area contributed by atoms with Crippen molar-refractivity contribution in [2.24, 2.45) is 13.0 Å². The lowest BCUT2D eigenvalue weighted by atomic mass is 9.90. The highest BCUT2D eigenvalue weighted by molar-refractivity contribution is 5.82. The summed E-state index contributed by atoms with van der Waals surface area (Å²) in [5, 5.41) is 13.2. The quantitative estimate of drug-likeness (QED) is 0.720. The van der Waals surface area contributed by atoms with E-state index in [1.807, 2.05) is 40.2 Å². The smallest absolute Gasteiger partial charge is 0.225 e. The van der Waals surface area contributed by atoms with Crippen molar-refractivity contribution >= 4 is 11.8 Å². The summed E-state index contributed by atoms with van der Waals surface area (Å²) in [7, 11) is 1.87. The zero-order valence-electron chi connectivity index (χ0n) is 14.3. The maximum absolute atomic E-state index is 12.4. The first-order valence-corrected chi connectivity index (χ1v) is 8.04. The number of carbonyl (C=O) groups excluding carboxylic acids is 2. The number of nitrogens with zero attached hydrogens (tertiary/aromatic N) is 2. The molecule has 2 heterocycles. The average Bonchev–Trinajstić information content (AvgIpc) is 3.04. The van der Waals surface area contributed by atoms with Gasteiger partial charge in [-0.1, -0.05) is 0 Å². The van der Waals surface area contributed by atoms with Crippen LogP contribution in [-0.4, -0.2) is 46.8 Å². The second-order valence-electron chi connectivity index (χ2n) is 7.16. The van der Waals surface area contributed by atoms with Crippen LogP contribution in [0.2, 0.25) is 0 Å². The maximum Gasteiger partial charge on any atom is 0.225 e. The summed E-state index contributed by atoms with van der Waals surface area (Å²) >= 11 is 0. The molecule has 2 atom stereocenters. The fourth-order valence-electron chi connectivity index (χ4n) is 2.85. The molecule has 0 bridgehead atoms. The molecule has 23 heavy (non-hydrogen) atoms. The van der Waals surface area contributed by atoms with Crippen molar-refractivity contribution in [3.8, 4) is 0 Å². The number of aryl methyl sites for hydroxylation is 1. The molecule has 1 aromatic rings. The molecule has 128 valence electrons. The predicted molar refractivity (Wildman–Crippen MR) is 87.8 cm³/mol. The van der Waals surface area contributed by atoms with Gasteiger partial charge in [0.2, 0.25) is 11.8 Å². The molecule has 1 fully saturated rings. The number of aromatic nitrogens is 2. The molecule has 3 N–H and O–H groups in total. The fourth-order valence-corrected chi connectivity index (χ4v) is 2.85. The van der Waals surface area contributed by atoms with Crippen molar-refractivity contribution < 1.29 is 9.59 Å². The van der Waals surface area contributed by atoms with Gasteiger partial charge in [0.05, 0.1) is 12.1 Å². The standard InChI is InChI=1S/C16H27N5O2/c1-16(2,3)20-14(22)5-6-18-15(23)13-9-17-8-12(13)11-7-19-21(4)10-11/h7,10,12-13,17H,5-6,8-9H2,1-4H3,(H,18,23)(H,20,22)/t12-,13+/m1/s1. The summed E-state index contributed by atoms with van der Waals surface area (Å²) in [6.45, 7) is 7.59. The largest absolute Gasteiger partial charge is 0.355 e. The summed E-state index contributed by atoms with van der Waals surface area (Å²) in [5.41, 5.74) is 0.824. The highest BCUT2D eigenvalue weighted by atomic mass is 16.2. The van der Waals surface area contributed by atoms with Gasteiger partial charge in [-0.15, -0.1) is 0 Å². The molecular weight excluding hydrogens is 294 g/mol. The van der Waals surface area contributed by atoms with Crippen LogP contribution < -0.4 is 16.0 Å². The van der Waals surface area contributed by atoms with Crippen LogP contribution in [-0.2, 0) is 16.6 Å². The predicted octanol–water partition coefficient (Wildman–Crippen LogP) is 0.144. The summed E-state index contributed by atoms with van der Waals surface area (Å²) < 4.78 is 1.75. The molecule has 7 heteroatoms. The Morgan fingerprint density at radius 3 is 2.74 bits per heavy atom. The van der Waals surface area contributed by atoms with E-state index < -0.39 is 0 Å². The Morgan fingerprint density at radius 1 is 1.39 bits per heavy atom. The van der Waals surface area contributed by atoms with Crippen LogP contribution in [0.25, 0.3) is 0 Å². The molecule has 0 aliphatic carbocycles. The van der Waals surface area contributed by atoms with E-state index in [9.17, 15) is 9.59 Å². The highest BCUT2D eigenvalue weighted by Gasteiger charge is 2.34. The van der Waals surface area contributed by atoms with Gasteiger partial charge in [-0.3, -0.25) is 14.3 Å². The number of carbonyl (C=O) groups is 2. The van der Waals surface area contributed by atoms with E-state index in [-0.39, 0.29) is 29.2 Å². The van der Waals surface area contributed by atoms with Crippen molar-refractivity contribution in [2.75, 3.05) is 19.6 Å². The van der Waals surface area contributed by atoms with E-state index in [4.69, 9.17) is 0 Å². The van der Waals surface area contributed by atoms with Crippen LogP contribution in [0.15, 0.2) is 12.4 Å². The van der Waals surface area contributed by atoms with Gasteiger partial charge in [0.1, 0.15) is 0 Å². The number of nitrogens with one attached hydrogen (secondary N) is 3. The van der Waals surface area contributed by atoms with E-state index in [1.165, 1.54) is 0 Å². The van der Waals surface area contributed by atoms with E-state index in [0.717, 1.165) is 12.1 Å². The van der Waals surface area contributed by atoms with E-state index in [2.05, 4.69) is 21.0 Å². The third-order valence-corrected chi connectivity index (χ3v) is 3.87.